The first-order chi connectivity index (χ1) is 23.1. The van der Waals surface area contributed by atoms with Crippen molar-refractivity contribution in [1.82, 2.24) is 19.5 Å². The number of rotatable bonds is 11. The molecule has 2 aliphatic heterocycles. The van der Waals surface area contributed by atoms with Gasteiger partial charge in [0.2, 0.25) is 21.8 Å². The number of aromatic amines is 1. The SMILES string of the molecule is CN(C)C[C@@H]1Cc2cc(Cl)ccc2N(C(=O)[C@@H](Cc2c[nH]c3ccccc23)NC(=O)CCC2CCN(S(=O)(=O)c3ccccc3)CC2)C1. The Bertz CT molecular complexity index is 1850. The van der Waals surface area contributed by atoms with E-state index in [0.29, 0.717) is 55.2 Å². The number of para-hydroxylation sites is 1. The van der Waals surface area contributed by atoms with Crippen LogP contribution in [0.3, 0.4) is 0 Å². The van der Waals surface area contributed by atoms with Gasteiger partial charge in [0.25, 0.3) is 0 Å². The quantitative estimate of drug-likeness (QED) is 0.217. The molecule has 0 radical (unpaired) electrons. The van der Waals surface area contributed by atoms with E-state index in [4.69, 9.17) is 11.6 Å². The normalized spacial score (nSPS) is 18.2. The molecule has 254 valence electrons. The molecular weight excluding hydrogens is 646 g/mol. The van der Waals surface area contributed by atoms with Crippen LogP contribution >= 0.6 is 11.6 Å². The van der Waals surface area contributed by atoms with Gasteiger partial charge in [-0.25, -0.2) is 8.42 Å². The number of hydrogen-bond acceptors (Lipinski definition) is 5. The van der Waals surface area contributed by atoms with Crippen molar-refractivity contribution in [3.8, 4) is 0 Å². The maximum absolute atomic E-state index is 14.5. The van der Waals surface area contributed by atoms with E-state index in [1.54, 1.807) is 34.6 Å². The lowest BCUT2D eigenvalue weighted by atomic mass is 9.91. The highest BCUT2D eigenvalue weighted by atomic mass is 35.5. The third-order valence-corrected chi connectivity index (χ3v) is 11.8. The summed E-state index contributed by atoms with van der Waals surface area (Å²) >= 11 is 6.39. The Balaban J connectivity index is 1.16. The van der Waals surface area contributed by atoms with Gasteiger partial charge in [-0.3, -0.25) is 9.59 Å². The number of H-pyrrole nitrogens is 1. The monoisotopic (exact) mass is 689 g/mol. The smallest absolute Gasteiger partial charge is 0.249 e. The minimum atomic E-state index is -3.53. The lowest BCUT2D eigenvalue weighted by Gasteiger charge is -2.37. The second-order valence-corrected chi connectivity index (χ2v) is 15.8. The number of benzene rings is 3. The summed E-state index contributed by atoms with van der Waals surface area (Å²) in [5.74, 6) is 0.132. The van der Waals surface area contributed by atoms with Crippen molar-refractivity contribution in [3.05, 3.63) is 95.1 Å². The number of anilines is 1. The number of nitrogens with one attached hydrogen (secondary N) is 2. The van der Waals surface area contributed by atoms with Crippen molar-refractivity contribution < 1.29 is 18.0 Å². The molecule has 2 atom stereocenters. The molecule has 3 heterocycles. The first-order valence-electron chi connectivity index (χ1n) is 16.7. The van der Waals surface area contributed by atoms with Gasteiger partial charge in [-0.1, -0.05) is 48.0 Å². The van der Waals surface area contributed by atoms with Crippen molar-refractivity contribution in [1.29, 1.82) is 0 Å². The van der Waals surface area contributed by atoms with Crippen LogP contribution in [0.25, 0.3) is 10.9 Å². The maximum atomic E-state index is 14.5. The molecule has 1 fully saturated rings. The summed E-state index contributed by atoms with van der Waals surface area (Å²) in [6, 6.07) is 21.4. The van der Waals surface area contributed by atoms with E-state index in [1.165, 1.54) is 0 Å². The first-order valence-corrected chi connectivity index (χ1v) is 18.5. The number of halogens is 1. The Labute approximate surface area is 288 Å². The maximum Gasteiger partial charge on any atom is 0.249 e. The Morgan fingerprint density at radius 3 is 2.48 bits per heavy atom. The van der Waals surface area contributed by atoms with E-state index in [0.717, 1.165) is 40.7 Å². The number of nitrogens with zero attached hydrogens (tertiary/aromatic N) is 3. The predicted molar refractivity (Wildman–Crippen MR) is 191 cm³/mol. The zero-order valence-corrected chi connectivity index (χ0v) is 29.1. The lowest BCUT2D eigenvalue weighted by Crippen LogP contribution is -2.53. The molecule has 3 aromatic carbocycles. The second kappa shape index (κ2) is 14.8. The predicted octanol–water partition coefficient (Wildman–Crippen LogP) is 5.50. The molecule has 2 aliphatic rings. The molecule has 1 saturated heterocycles. The highest BCUT2D eigenvalue weighted by Gasteiger charge is 2.35. The number of sulfonamides is 1. The number of aromatic nitrogens is 1. The Hall–Kier alpha value is -3.70. The number of fused-ring (bicyclic) bond motifs is 2. The zero-order valence-electron chi connectivity index (χ0n) is 27.6. The number of carbonyl (C=O) groups excluding carboxylic acids is 2. The summed E-state index contributed by atoms with van der Waals surface area (Å²) in [5.41, 5.74) is 3.82. The summed E-state index contributed by atoms with van der Waals surface area (Å²) in [5, 5.41) is 4.79. The van der Waals surface area contributed by atoms with Gasteiger partial charge in [-0.15, -0.1) is 0 Å². The number of amides is 2. The minimum Gasteiger partial charge on any atom is -0.361 e. The second-order valence-electron chi connectivity index (χ2n) is 13.4. The third kappa shape index (κ3) is 7.78. The fraction of sp³-hybridized carbons (Fsp3) is 0.405. The van der Waals surface area contributed by atoms with Crippen LogP contribution in [0.5, 0.6) is 0 Å². The van der Waals surface area contributed by atoms with E-state index >= 15 is 0 Å². The van der Waals surface area contributed by atoms with E-state index in [1.807, 2.05) is 67.7 Å². The average molecular weight is 690 g/mol. The van der Waals surface area contributed by atoms with Crippen LogP contribution in [-0.2, 0) is 32.5 Å². The van der Waals surface area contributed by atoms with Gasteiger partial charge in [0.15, 0.2) is 0 Å². The topological polar surface area (TPSA) is 106 Å². The fourth-order valence-corrected chi connectivity index (χ4v) is 8.94. The van der Waals surface area contributed by atoms with Gasteiger partial charge < -0.3 is 20.1 Å². The van der Waals surface area contributed by atoms with Crippen LogP contribution in [0.15, 0.2) is 83.9 Å². The van der Waals surface area contributed by atoms with Gasteiger partial charge >= 0.3 is 0 Å². The molecular formula is C37H44ClN5O4S. The highest BCUT2D eigenvalue weighted by molar-refractivity contribution is 7.89. The van der Waals surface area contributed by atoms with Crippen LogP contribution in [-0.4, -0.2) is 80.7 Å². The average Bonchev–Trinajstić information content (AvgIpc) is 3.49. The van der Waals surface area contributed by atoms with Gasteiger partial charge in [-0.05, 0) is 99.1 Å². The van der Waals surface area contributed by atoms with Crippen LogP contribution in [0.4, 0.5) is 5.69 Å². The summed E-state index contributed by atoms with van der Waals surface area (Å²) in [4.78, 5) is 35.7. The molecule has 0 aliphatic carbocycles. The van der Waals surface area contributed by atoms with Crippen molar-refractivity contribution in [2.45, 2.75) is 49.5 Å². The van der Waals surface area contributed by atoms with Crippen molar-refractivity contribution >= 4 is 50.0 Å². The molecule has 0 spiro atoms. The van der Waals surface area contributed by atoms with Crippen LogP contribution in [0, 0.1) is 11.8 Å². The van der Waals surface area contributed by atoms with Gasteiger partial charge in [0, 0.05) is 66.8 Å². The third-order valence-electron chi connectivity index (χ3n) is 9.64. The van der Waals surface area contributed by atoms with Crippen molar-refractivity contribution in [3.63, 3.8) is 0 Å². The first kappa shape index (κ1) is 34.2. The van der Waals surface area contributed by atoms with Crippen LogP contribution in [0.1, 0.15) is 36.8 Å². The van der Waals surface area contributed by atoms with E-state index in [9.17, 15) is 18.0 Å². The van der Waals surface area contributed by atoms with Crippen LogP contribution < -0.4 is 10.2 Å². The largest absolute Gasteiger partial charge is 0.361 e. The van der Waals surface area contributed by atoms with Gasteiger partial charge in [-0.2, -0.15) is 4.31 Å². The summed E-state index contributed by atoms with van der Waals surface area (Å²) < 4.78 is 27.7. The van der Waals surface area contributed by atoms with Crippen molar-refractivity contribution in [2.75, 3.05) is 45.2 Å². The van der Waals surface area contributed by atoms with E-state index in [-0.39, 0.29) is 30.1 Å². The zero-order chi connectivity index (χ0) is 33.8. The molecule has 9 nitrogen and oxygen atoms in total. The molecule has 11 heteroatoms. The Morgan fingerprint density at radius 2 is 1.73 bits per heavy atom. The molecule has 0 unspecified atom stereocenters. The van der Waals surface area contributed by atoms with Gasteiger partial charge in [0.05, 0.1) is 4.90 Å². The standard InChI is InChI=1S/C37H44ClN5O4S/c1-41(2)24-27-20-28-21-30(38)13-14-35(28)43(25-27)37(45)34(22-29-23-39-33-11-7-6-10-32(29)33)40-36(44)15-12-26-16-18-42(19-17-26)48(46,47)31-8-4-3-5-9-31/h3-11,13-14,21,23,26-27,34,39H,12,15-20,22,24-25H2,1-2H3,(H,40,44)/t27-,34+/m0/s1. The van der Waals surface area contributed by atoms with Crippen molar-refractivity contribution in [2.24, 2.45) is 11.8 Å². The summed E-state index contributed by atoms with van der Waals surface area (Å²) in [7, 11) is 0.538. The minimum absolute atomic E-state index is 0.139. The highest BCUT2D eigenvalue weighted by Crippen LogP contribution is 2.33. The van der Waals surface area contributed by atoms with Gasteiger partial charge in [0.1, 0.15) is 6.04 Å². The molecule has 1 aromatic heterocycles. The number of hydrogen-bond donors (Lipinski definition) is 2. The summed E-state index contributed by atoms with van der Waals surface area (Å²) in [6.07, 6.45) is 5.38. The molecule has 2 N–H and O–H groups in total. The molecule has 6 rings (SSSR count). The van der Waals surface area contributed by atoms with Crippen LogP contribution in [0.2, 0.25) is 5.02 Å². The molecule has 48 heavy (non-hydrogen) atoms. The lowest BCUT2D eigenvalue weighted by molar-refractivity contribution is -0.127. The Kier molecular flexibility index (Phi) is 10.6. The molecule has 4 aromatic rings. The Morgan fingerprint density at radius 1 is 1.00 bits per heavy atom. The number of piperidine rings is 1. The van der Waals surface area contributed by atoms with E-state index in [2.05, 4.69) is 15.2 Å². The molecule has 0 saturated carbocycles. The fourth-order valence-electron chi connectivity index (χ4n) is 7.25. The number of carbonyl (C=O) groups is 2. The van der Waals surface area contributed by atoms with E-state index < -0.39 is 16.1 Å². The molecule has 2 amide bonds. The summed E-state index contributed by atoms with van der Waals surface area (Å²) in [6.45, 7) is 2.23. The molecule has 0 bridgehead atoms.